The highest BCUT2D eigenvalue weighted by atomic mass is 33.1. The van der Waals surface area contributed by atoms with Crippen molar-refractivity contribution in [2.24, 2.45) is 0 Å². The van der Waals surface area contributed by atoms with Crippen molar-refractivity contribution >= 4 is 36.3 Å². The summed E-state index contributed by atoms with van der Waals surface area (Å²) in [6.07, 6.45) is 2.01. The fourth-order valence-corrected chi connectivity index (χ4v) is 4.35. The highest BCUT2D eigenvalue weighted by Crippen LogP contribution is 2.33. The summed E-state index contributed by atoms with van der Waals surface area (Å²) in [5, 5.41) is -0.774. The van der Waals surface area contributed by atoms with Crippen molar-refractivity contribution in [3.8, 4) is 0 Å². The van der Waals surface area contributed by atoms with Gasteiger partial charge < -0.3 is 4.74 Å². The lowest BCUT2D eigenvalue weighted by atomic mass is 10.2. The molecular weight excluding hydrogens is 256 g/mol. The molecule has 1 N–H and O–H groups in total. The van der Waals surface area contributed by atoms with E-state index < -0.39 is 15.4 Å². The predicted molar refractivity (Wildman–Crippen MR) is 67.4 cm³/mol. The fourth-order valence-electron chi connectivity index (χ4n) is 1.38. The van der Waals surface area contributed by atoms with Crippen LogP contribution in [0, 0.1) is 0 Å². The Morgan fingerprint density at radius 1 is 1.67 bits per heavy atom. The molecule has 0 bridgehead atoms. The van der Waals surface area contributed by atoms with Crippen molar-refractivity contribution in [1.82, 2.24) is 0 Å². The van der Waals surface area contributed by atoms with Gasteiger partial charge >= 0.3 is 0 Å². The zero-order valence-electron chi connectivity index (χ0n) is 8.75. The van der Waals surface area contributed by atoms with Crippen LogP contribution in [0.2, 0.25) is 0 Å². The molecule has 1 fully saturated rings. The molecule has 0 aromatic rings. The maximum atomic E-state index is 11.1. The minimum Gasteiger partial charge on any atom is -0.368 e. The smallest absolute Gasteiger partial charge is 0.270 e. The Labute approximate surface area is 96.8 Å². The van der Waals surface area contributed by atoms with E-state index in [9.17, 15) is 8.42 Å². The molecule has 0 aromatic heterocycles. The van der Waals surface area contributed by atoms with Gasteiger partial charge in [0.05, 0.1) is 6.10 Å². The fraction of sp³-hybridized carbons (Fsp3) is 0.875. The standard InChI is InChI=1S/C8H16O4S3/c1-6-8(12-6)7(15(9,10)11)4-5-13-14(2)3/h6-8H,2,4-5H2,1,3H3,(H,9,10,11). The minimum atomic E-state index is -3.99. The van der Waals surface area contributed by atoms with E-state index in [1.165, 1.54) is 0 Å². The van der Waals surface area contributed by atoms with E-state index in [-0.39, 0.29) is 21.7 Å². The third-order valence-electron chi connectivity index (χ3n) is 2.19. The van der Waals surface area contributed by atoms with Crippen LogP contribution in [-0.2, 0) is 14.9 Å². The molecule has 1 saturated heterocycles. The van der Waals surface area contributed by atoms with E-state index in [0.29, 0.717) is 12.2 Å². The predicted octanol–water partition coefficient (Wildman–Crippen LogP) is 1.40. The summed E-state index contributed by atoms with van der Waals surface area (Å²) in [7, 11) is -2.39. The second-order valence-electron chi connectivity index (χ2n) is 3.54. The summed E-state index contributed by atoms with van der Waals surface area (Å²) in [5.74, 6) is 4.50. The van der Waals surface area contributed by atoms with Crippen LogP contribution in [0.4, 0.5) is 0 Å². The highest BCUT2D eigenvalue weighted by molar-refractivity contribution is 8.83. The van der Waals surface area contributed by atoms with Crippen molar-refractivity contribution in [2.75, 3.05) is 12.0 Å². The Morgan fingerprint density at radius 2 is 2.20 bits per heavy atom. The quantitative estimate of drug-likeness (QED) is 0.343. The van der Waals surface area contributed by atoms with Gasteiger partial charge in [-0.2, -0.15) is 8.42 Å². The van der Waals surface area contributed by atoms with Gasteiger partial charge in [0, 0.05) is 5.75 Å². The molecule has 7 heteroatoms. The van der Waals surface area contributed by atoms with Crippen molar-refractivity contribution in [1.29, 1.82) is 0 Å². The van der Waals surface area contributed by atoms with Gasteiger partial charge in [-0.15, -0.1) is 20.3 Å². The van der Waals surface area contributed by atoms with Crippen LogP contribution in [0.3, 0.4) is 0 Å². The van der Waals surface area contributed by atoms with Gasteiger partial charge in [-0.3, -0.25) is 4.55 Å². The highest BCUT2D eigenvalue weighted by Gasteiger charge is 2.46. The maximum Gasteiger partial charge on any atom is 0.270 e. The van der Waals surface area contributed by atoms with E-state index in [2.05, 4.69) is 5.87 Å². The molecule has 1 aliphatic heterocycles. The second-order valence-corrected chi connectivity index (χ2v) is 9.38. The number of epoxide rings is 1. The first-order valence-corrected chi connectivity index (χ1v) is 9.34. The van der Waals surface area contributed by atoms with Gasteiger partial charge in [0.2, 0.25) is 0 Å². The van der Waals surface area contributed by atoms with Crippen LogP contribution in [0.1, 0.15) is 13.3 Å². The van der Waals surface area contributed by atoms with Crippen LogP contribution in [-0.4, -0.2) is 48.3 Å². The topological polar surface area (TPSA) is 66.9 Å². The summed E-state index contributed by atoms with van der Waals surface area (Å²) in [6, 6.07) is 0. The van der Waals surface area contributed by atoms with E-state index in [1.54, 1.807) is 10.8 Å². The first kappa shape index (κ1) is 13.5. The van der Waals surface area contributed by atoms with E-state index >= 15 is 0 Å². The molecule has 1 rings (SSSR count). The van der Waals surface area contributed by atoms with Crippen molar-refractivity contribution in [3.05, 3.63) is 0 Å². The molecule has 4 atom stereocenters. The Kier molecular flexibility index (Phi) is 4.66. The van der Waals surface area contributed by atoms with Crippen LogP contribution >= 0.6 is 20.3 Å². The molecule has 0 saturated carbocycles. The molecule has 0 aromatic carbocycles. The van der Waals surface area contributed by atoms with Crippen molar-refractivity contribution in [2.45, 2.75) is 30.8 Å². The van der Waals surface area contributed by atoms with E-state index in [4.69, 9.17) is 9.29 Å². The van der Waals surface area contributed by atoms with Crippen molar-refractivity contribution < 1.29 is 17.7 Å². The molecule has 15 heavy (non-hydrogen) atoms. The average molecular weight is 272 g/mol. The lowest BCUT2D eigenvalue weighted by Gasteiger charge is -2.10. The van der Waals surface area contributed by atoms with Gasteiger partial charge in [0.1, 0.15) is 11.4 Å². The zero-order valence-corrected chi connectivity index (χ0v) is 11.2. The SMILES string of the molecule is C=S(C)SCCC(C1OC1C)S(=O)(=O)O. The second kappa shape index (κ2) is 5.18. The summed E-state index contributed by atoms with van der Waals surface area (Å²) in [6.45, 7) is 1.81. The molecule has 4 nitrogen and oxygen atoms in total. The third-order valence-corrected chi connectivity index (χ3v) is 5.97. The average Bonchev–Trinajstić information content (AvgIpc) is 2.73. The van der Waals surface area contributed by atoms with E-state index in [0.717, 1.165) is 0 Å². The first-order chi connectivity index (χ1) is 6.82. The van der Waals surface area contributed by atoms with Crippen LogP contribution < -0.4 is 0 Å². The third kappa shape index (κ3) is 4.44. The largest absolute Gasteiger partial charge is 0.368 e. The maximum absolute atomic E-state index is 11.1. The summed E-state index contributed by atoms with van der Waals surface area (Å²) < 4.78 is 36.3. The Morgan fingerprint density at radius 3 is 2.53 bits per heavy atom. The minimum absolute atomic E-state index is 0.0110. The van der Waals surface area contributed by atoms with E-state index in [1.807, 2.05) is 13.2 Å². The van der Waals surface area contributed by atoms with Gasteiger partial charge in [-0.05, 0) is 19.6 Å². The Bertz CT molecular complexity index is 338. The number of ether oxygens (including phenoxy) is 1. The lowest BCUT2D eigenvalue weighted by molar-refractivity contribution is 0.360. The van der Waals surface area contributed by atoms with Crippen LogP contribution in [0.15, 0.2) is 0 Å². The first-order valence-electron chi connectivity index (χ1n) is 4.53. The molecule has 0 radical (unpaired) electrons. The Balaban J connectivity index is 2.48. The molecule has 0 amide bonds. The molecule has 90 valence electrons. The lowest BCUT2D eigenvalue weighted by Crippen LogP contribution is -2.28. The molecule has 0 aliphatic carbocycles. The van der Waals surface area contributed by atoms with Gasteiger partial charge in [-0.1, -0.05) is 5.87 Å². The summed E-state index contributed by atoms with van der Waals surface area (Å²) in [5.41, 5.74) is 0. The van der Waals surface area contributed by atoms with Gasteiger partial charge in [0.25, 0.3) is 10.1 Å². The monoisotopic (exact) mass is 272 g/mol. The van der Waals surface area contributed by atoms with Gasteiger partial charge in [-0.25, -0.2) is 0 Å². The molecule has 1 aliphatic rings. The van der Waals surface area contributed by atoms with Gasteiger partial charge in [0.15, 0.2) is 0 Å². The van der Waals surface area contributed by atoms with Crippen LogP contribution in [0.25, 0.3) is 0 Å². The number of hydrogen-bond acceptors (Lipinski definition) is 4. The number of rotatable bonds is 6. The molecular formula is C8H16O4S3. The summed E-state index contributed by atoms with van der Waals surface area (Å²) in [4.78, 5) is 0. The van der Waals surface area contributed by atoms with Crippen LogP contribution in [0.5, 0.6) is 0 Å². The summed E-state index contributed by atoms with van der Waals surface area (Å²) >= 11 is 0. The molecule has 0 spiro atoms. The van der Waals surface area contributed by atoms with Crippen molar-refractivity contribution in [3.63, 3.8) is 0 Å². The molecule has 4 unspecified atom stereocenters. The normalized spacial score (nSPS) is 29.8. The molecule has 1 heterocycles. The number of hydrogen-bond donors (Lipinski definition) is 1. The Hall–Kier alpha value is 0.440. The zero-order chi connectivity index (χ0) is 11.6.